The second-order valence-corrected chi connectivity index (χ2v) is 8.20. The van der Waals surface area contributed by atoms with Crippen molar-refractivity contribution >= 4 is 40.5 Å². The van der Waals surface area contributed by atoms with E-state index in [1.807, 2.05) is 25.1 Å². The summed E-state index contributed by atoms with van der Waals surface area (Å²) < 4.78 is 10.8. The third-order valence-electron chi connectivity index (χ3n) is 5.52. The smallest absolute Gasteiger partial charge is 0.256 e. The van der Waals surface area contributed by atoms with Gasteiger partial charge in [0.25, 0.3) is 5.91 Å². The van der Waals surface area contributed by atoms with Gasteiger partial charge < -0.3 is 19.7 Å². The molecule has 1 aliphatic rings. The predicted molar refractivity (Wildman–Crippen MR) is 138 cm³/mol. The van der Waals surface area contributed by atoms with Gasteiger partial charge in [-0.1, -0.05) is 12.1 Å². The summed E-state index contributed by atoms with van der Waals surface area (Å²) in [6.45, 7) is 2.77. The third kappa shape index (κ3) is 5.58. The number of thiocarbonyl (C=S) groups is 1. The van der Waals surface area contributed by atoms with E-state index in [1.54, 1.807) is 66.7 Å². The van der Waals surface area contributed by atoms with Crippen LogP contribution in [0, 0.1) is 0 Å². The molecule has 1 N–H and O–H groups in total. The van der Waals surface area contributed by atoms with E-state index in [0.717, 1.165) is 11.4 Å². The lowest BCUT2D eigenvalue weighted by atomic mass is 10.1. The maximum atomic E-state index is 13.6. The summed E-state index contributed by atoms with van der Waals surface area (Å²) in [5, 5.41) is 3.17. The number of hydrogen-bond acceptors (Lipinski definition) is 6. The number of nitrogens with one attached hydrogen (secondary N) is 1. The van der Waals surface area contributed by atoms with Crippen LogP contribution in [-0.2, 0) is 16.1 Å². The van der Waals surface area contributed by atoms with Gasteiger partial charge in [-0.25, -0.2) is 0 Å². The zero-order valence-electron chi connectivity index (χ0n) is 19.5. The maximum absolute atomic E-state index is 13.6. The Morgan fingerprint density at radius 3 is 2.57 bits per heavy atom. The fourth-order valence-electron chi connectivity index (χ4n) is 3.86. The fraction of sp³-hybridized carbons (Fsp3) is 0.231. The van der Waals surface area contributed by atoms with E-state index in [-0.39, 0.29) is 18.2 Å². The van der Waals surface area contributed by atoms with E-state index in [9.17, 15) is 9.59 Å². The summed E-state index contributed by atoms with van der Waals surface area (Å²) in [5.41, 5.74) is 1.94. The average Bonchev–Trinajstić information content (AvgIpc) is 3.10. The van der Waals surface area contributed by atoms with Gasteiger partial charge in [0, 0.05) is 18.0 Å². The van der Waals surface area contributed by atoms with Crippen LogP contribution >= 0.6 is 12.2 Å². The largest absolute Gasteiger partial charge is 0.497 e. The lowest BCUT2D eigenvalue weighted by molar-refractivity contribution is -0.124. The monoisotopic (exact) mass is 490 g/mol. The van der Waals surface area contributed by atoms with Crippen LogP contribution in [0.3, 0.4) is 0 Å². The molecule has 4 rings (SSSR count). The highest BCUT2D eigenvalue weighted by Gasteiger charge is 2.44. The quantitative estimate of drug-likeness (QED) is 0.454. The molecular weight excluding hydrogens is 464 g/mol. The molecule has 0 spiro atoms. The van der Waals surface area contributed by atoms with E-state index < -0.39 is 6.04 Å². The molecule has 0 saturated carbocycles. The van der Waals surface area contributed by atoms with Gasteiger partial charge in [0.15, 0.2) is 5.11 Å². The number of carbonyl (C=O) groups is 2. The molecule has 2 amide bonds. The fourth-order valence-corrected chi connectivity index (χ4v) is 4.24. The molecule has 1 saturated heterocycles. The number of methoxy groups -OCH3 is 1. The molecule has 1 unspecified atom stereocenters. The lowest BCUT2D eigenvalue weighted by Gasteiger charge is -2.23. The summed E-state index contributed by atoms with van der Waals surface area (Å²) in [6.07, 6.45) is 1.61. The Kier molecular flexibility index (Phi) is 7.57. The summed E-state index contributed by atoms with van der Waals surface area (Å²) >= 11 is 5.72. The van der Waals surface area contributed by atoms with E-state index in [1.165, 1.54) is 4.90 Å². The number of ether oxygens (including phenoxy) is 2. The molecule has 1 aliphatic heterocycles. The molecule has 9 heteroatoms. The topological polar surface area (TPSA) is 84.0 Å². The summed E-state index contributed by atoms with van der Waals surface area (Å²) in [7, 11) is 1.56. The van der Waals surface area contributed by atoms with E-state index in [0.29, 0.717) is 35.4 Å². The van der Waals surface area contributed by atoms with E-state index >= 15 is 0 Å². The standard InChI is InChI=1S/C26H26N4O4S/c1-3-34-21-12-10-18(11-13-21)28-24(31)16-23-25(32)30(20-8-6-9-22(15-20)33-2)26(35)29(23)17-19-7-4-5-14-27-19/h4-15,23H,3,16-17H2,1-2H3,(H,28,31). The molecule has 1 aromatic heterocycles. The first-order valence-electron chi connectivity index (χ1n) is 11.2. The van der Waals surface area contributed by atoms with Crippen LogP contribution in [0.1, 0.15) is 19.0 Å². The number of hydrogen-bond donors (Lipinski definition) is 1. The normalized spacial score (nSPS) is 15.3. The van der Waals surface area contributed by atoms with Gasteiger partial charge in [0.2, 0.25) is 5.91 Å². The van der Waals surface area contributed by atoms with Crippen LogP contribution in [0.4, 0.5) is 11.4 Å². The highest BCUT2D eigenvalue weighted by atomic mass is 32.1. The van der Waals surface area contributed by atoms with Gasteiger partial charge >= 0.3 is 0 Å². The molecular formula is C26H26N4O4S. The Morgan fingerprint density at radius 1 is 1.09 bits per heavy atom. The molecule has 180 valence electrons. The second kappa shape index (κ2) is 11.0. The predicted octanol–water partition coefficient (Wildman–Crippen LogP) is 4.02. The number of carbonyl (C=O) groups excluding carboxylic acids is 2. The van der Waals surface area contributed by atoms with Gasteiger partial charge in [-0.3, -0.25) is 19.5 Å². The van der Waals surface area contributed by atoms with Crippen LogP contribution < -0.4 is 19.7 Å². The van der Waals surface area contributed by atoms with Crippen molar-refractivity contribution < 1.29 is 19.1 Å². The van der Waals surface area contributed by atoms with Crippen LogP contribution in [0.25, 0.3) is 0 Å². The minimum atomic E-state index is -0.779. The number of nitrogens with zero attached hydrogens (tertiary/aromatic N) is 3. The van der Waals surface area contributed by atoms with Crippen molar-refractivity contribution in [3.8, 4) is 11.5 Å². The Labute approximate surface area is 209 Å². The van der Waals surface area contributed by atoms with Crippen molar-refractivity contribution in [1.82, 2.24) is 9.88 Å². The first-order chi connectivity index (χ1) is 17.0. The molecule has 2 aromatic carbocycles. The van der Waals surface area contributed by atoms with Gasteiger partial charge in [0.1, 0.15) is 17.5 Å². The molecule has 1 fully saturated rings. The van der Waals surface area contributed by atoms with E-state index in [4.69, 9.17) is 21.7 Å². The first-order valence-corrected chi connectivity index (χ1v) is 11.6. The van der Waals surface area contributed by atoms with Crippen molar-refractivity contribution in [1.29, 1.82) is 0 Å². The van der Waals surface area contributed by atoms with Crippen LogP contribution in [0.2, 0.25) is 0 Å². The molecule has 35 heavy (non-hydrogen) atoms. The molecule has 8 nitrogen and oxygen atoms in total. The van der Waals surface area contributed by atoms with Gasteiger partial charge in [-0.05, 0) is 67.7 Å². The SMILES string of the molecule is CCOc1ccc(NC(=O)CC2C(=O)N(c3cccc(OC)c3)C(=S)N2Cc2ccccn2)cc1. The van der Waals surface area contributed by atoms with Crippen LogP contribution in [-0.4, -0.2) is 46.6 Å². The Morgan fingerprint density at radius 2 is 1.89 bits per heavy atom. The molecule has 1 atom stereocenters. The summed E-state index contributed by atoms with van der Waals surface area (Å²) in [5.74, 6) is 0.748. The zero-order chi connectivity index (χ0) is 24.8. The number of rotatable bonds is 9. The number of amides is 2. The van der Waals surface area contributed by atoms with Crippen LogP contribution in [0.5, 0.6) is 11.5 Å². The molecule has 3 aromatic rings. The maximum Gasteiger partial charge on any atom is 0.256 e. The molecule has 2 heterocycles. The summed E-state index contributed by atoms with van der Waals surface area (Å²) in [4.78, 5) is 34.1. The Balaban J connectivity index is 1.56. The van der Waals surface area contributed by atoms with Crippen molar-refractivity contribution in [2.24, 2.45) is 0 Å². The minimum absolute atomic E-state index is 0.0700. The first kappa shape index (κ1) is 24.2. The minimum Gasteiger partial charge on any atom is -0.497 e. The van der Waals surface area contributed by atoms with Gasteiger partial charge in [-0.15, -0.1) is 0 Å². The number of aromatic nitrogens is 1. The average molecular weight is 491 g/mol. The van der Waals surface area contributed by atoms with Crippen molar-refractivity contribution in [3.63, 3.8) is 0 Å². The molecule has 0 radical (unpaired) electrons. The summed E-state index contributed by atoms with van der Waals surface area (Å²) in [6, 6.07) is 19.0. The Hall–Kier alpha value is -3.98. The molecule has 0 bridgehead atoms. The van der Waals surface area contributed by atoms with Crippen molar-refractivity contribution in [2.45, 2.75) is 25.9 Å². The zero-order valence-corrected chi connectivity index (χ0v) is 20.3. The van der Waals surface area contributed by atoms with E-state index in [2.05, 4.69) is 10.3 Å². The van der Waals surface area contributed by atoms with Gasteiger partial charge in [0.05, 0.1) is 38.1 Å². The second-order valence-electron chi connectivity index (χ2n) is 7.83. The van der Waals surface area contributed by atoms with Crippen molar-refractivity contribution in [3.05, 3.63) is 78.6 Å². The van der Waals surface area contributed by atoms with Crippen molar-refractivity contribution in [2.75, 3.05) is 23.9 Å². The van der Waals surface area contributed by atoms with Gasteiger partial charge in [-0.2, -0.15) is 0 Å². The third-order valence-corrected chi connectivity index (χ3v) is 5.93. The molecule has 0 aliphatic carbocycles. The lowest BCUT2D eigenvalue weighted by Crippen LogP contribution is -2.37. The highest BCUT2D eigenvalue weighted by Crippen LogP contribution is 2.30. The highest BCUT2D eigenvalue weighted by molar-refractivity contribution is 7.80. The number of pyridine rings is 1. The number of anilines is 2. The Bertz CT molecular complexity index is 1200. The number of benzene rings is 2. The van der Waals surface area contributed by atoms with Crippen LogP contribution in [0.15, 0.2) is 72.9 Å².